The summed E-state index contributed by atoms with van der Waals surface area (Å²) in [7, 11) is -3.32. The average molecular weight is 385 g/mol. The van der Waals surface area contributed by atoms with Crippen molar-refractivity contribution in [3.63, 3.8) is 0 Å². The first-order valence-corrected chi connectivity index (χ1v) is 10.8. The third kappa shape index (κ3) is 3.67. The van der Waals surface area contributed by atoms with Crippen molar-refractivity contribution in [2.45, 2.75) is 37.0 Å². The molecular weight excluding hydrogens is 362 g/mol. The van der Waals surface area contributed by atoms with Gasteiger partial charge < -0.3 is 0 Å². The molecule has 1 heterocycles. The van der Waals surface area contributed by atoms with E-state index in [1.807, 2.05) is 38.1 Å². The van der Waals surface area contributed by atoms with Crippen LogP contribution in [0.2, 0.25) is 0 Å². The Bertz CT molecular complexity index is 962. The number of aryl methyl sites for hydroxylation is 1. The number of sulfone groups is 1. The van der Waals surface area contributed by atoms with Crippen LogP contribution >= 0.6 is 0 Å². The van der Waals surface area contributed by atoms with Crippen LogP contribution in [0.5, 0.6) is 0 Å². The van der Waals surface area contributed by atoms with Gasteiger partial charge in [0.15, 0.2) is 9.84 Å². The molecule has 2 aromatic carbocycles. The van der Waals surface area contributed by atoms with Crippen molar-refractivity contribution < 1.29 is 18.0 Å². The number of benzene rings is 2. The molecule has 0 spiro atoms. The van der Waals surface area contributed by atoms with Crippen molar-refractivity contribution in [2.24, 2.45) is 0 Å². The molecular formula is C21H23NO4S. The number of amides is 2. The van der Waals surface area contributed by atoms with Crippen LogP contribution in [-0.2, 0) is 19.4 Å². The van der Waals surface area contributed by atoms with Gasteiger partial charge in [-0.05, 0) is 36.6 Å². The lowest BCUT2D eigenvalue weighted by molar-refractivity contribution is -0.139. The van der Waals surface area contributed by atoms with Crippen molar-refractivity contribution in [2.75, 3.05) is 12.8 Å². The van der Waals surface area contributed by atoms with E-state index in [9.17, 15) is 18.0 Å². The molecule has 0 aromatic heterocycles. The fraction of sp³-hybridized carbons (Fsp3) is 0.333. The van der Waals surface area contributed by atoms with Gasteiger partial charge in [-0.1, -0.05) is 48.9 Å². The molecule has 0 radical (unpaired) electrons. The summed E-state index contributed by atoms with van der Waals surface area (Å²) < 4.78 is 23.4. The van der Waals surface area contributed by atoms with Crippen molar-refractivity contribution in [3.8, 4) is 0 Å². The number of hydrogen-bond donors (Lipinski definition) is 0. The number of likely N-dealkylation sites (tertiary alicyclic amines) is 1. The van der Waals surface area contributed by atoms with Crippen molar-refractivity contribution in [1.82, 2.24) is 4.90 Å². The second kappa shape index (κ2) is 7.27. The minimum atomic E-state index is -3.32. The van der Waals surface area contributed by atoms with Gasteiger partial charge in [0.05, 0.1) is 16.7 Å². The van der Waals surface area contributed by atoms with Crippen molar-refractivity contribution in [3.05, 3.63) is 65.2 Å². The molecule has 1 aliphatic rings. The zero-order valence-electron chi connectivity index (χ0n) is 15.7. The SMILES string of the molecule is CCCN1C(=O)C(c2ccc(C)cc2)C(c2ccc(S(C)(=O)=O)cc2)C1=O. The van der Waals surface area contributed by atoms with E-state index in [0.29, 0.717) is 18.5 Å². The number of imide groups is 1. The van der Waals surface area contributed by atoms with E-state index in [-0.39, 0.29) is 16.7 Å². The Morgan fingerprint density at radius 2 is 1.30 bits per heavy atom. The summed E-state index contributed by atoms with van der Waals surface area (Å²) in [5, 5.41) is 0. The van der Waals surface area contributed by atoms with E-state index in [1.165, 1.54) is 17.0 Å². The minimum absolute atomic E-state index is 0.192. The third-order valence-corrected chi connectivity index (χ3v) is 6.08. The Morgan fingerprint density at radius 3 is 1.70 bits per heavy atom. The first-order chi connectivity index (χ1) is 12.7. The molecule has 0 N–H and O–H groups in total. The summed E-state index contributed by atoms with van der Waals surface area (Å²) >= 11 is 0. The lowest BCUT2D eigenvalue weighted by Gasteiger charge is -2.16. The van der Waals surface area contributed by atoms with Crippen LogP contribution in [0.25, 0.3) is 0 Å². The van der Waals surface area contributed by atoms with Crippen LogP contribution in [0.15, 0.2) is 53.4 Å². The van der Waals surface area contributed by atoms with Gasteiger partial charge in [-0.15, -0.1) is 0 Å². The van der Waals surface area contributed by atoms with Gasteiger partial charge in [-0.2, -0.15) is 0 Å². The fourth-order valence-corrected chi connectivity index (χ4v) is 4.17. The topological polar surface area (TPSA) is 71.5 Å². The monoisotopic (exact) mass is 385 g/mol. The van der Waals surface area contributed by atoms with Gasteiger partial charge in [0.2, 0.25) is 11.8 Å². The highest BCUT2D eigenvalue weighted by atomic mass is 32.2. The fourth-order valence-electron chi connectivity index (χ4n) is 3.54. The molecule has 0 bridgehead atoms. The van der Waals surface area contributed by atoms with E-state index in [0.717, 1.165) is 17.4 Å². The van der Waals surface area contributed by atoms with Crippen molar-refractivity contribution >= 4 is 21.7 Å². The first-order valence-electron chi connectivity index (χ1n) is 8.96. The molecule has 3 rings (SSSR count). The maximum Gasteiger partial charge on any atom is 0.237 e. The van der Waals surface area contributed by atoms with E-state index >= 15 is 0 Å². The van der Waals surface area contributed by atoms with Gasteiger partial charge in [0.25, 0.3) is 0 Å². The Kier molecular flexibility index (Phi) is 5.20. The molecule has 2 amide bonds. The zero-order chi connectivity index (χ0) is 19.8. The Labute approximate surface area is 159 Å². The molecule has 1 saturated heterocycles. The summed E-state index contributed by atoms with van der Waals surface area (Å²) in [6, 6.07) is 13.9. The third-order valence-electron chi connectivity index (χ3n) is 4.95. The van der Waals surface area contributed by atoms with Gasteiger partial charge in [0, 0.05) is 12.8 Å². The summed E-state index contributed by atoms with van der Waals surface area (Å²) in [6.45, 7) is 4.28. The minimum Gasteiger partial charge on any atom is -0.282 e. The summed E-state index contributed by atoms with van der Waals surface area (Å²) in [4.78, 5) is 27.6. The largest absolute Gasteiger partial charge is 0.282 e. The summed E-state index contributed by atoms with van der Waals surface area (Å²) in [5.74, 6) is -1.64. The van der Waals surface area contributed by atoms with Crippen LogP contribution in [0.1, 0.15) is 41.9 Å². The Morgan fingerprint density at radius 1 is 0.852 bits per heavy atom. The number of carbonyl (C=O) groups excluding carboxylic acids is 2. The van der Waals surface area contributed by atoms with Crippen LogP contribution < -0.4 is 0 Å². The van der Waals surface area contributed by atoms with Gasteiger partial charge >= 0.3 is 0 Å². The van der Waals surface area contributed by atoms with Gasteiger partial charge in [-0.3, -0.25) is 14.5 Å². The highest BCUT2D eigenvalue weighted by Crippen LogP contribution is 2.42. The highest BCUT2D eigenvalue weighted by molar-refractivity contribution is 7.90. The van der Waals surface area contributed by atoms with E-state index in [2.05, 4.69) is 0 Å². The smallest absolute Gasteiger partial charge is 0.237 e. The normalized spacial score (nSPS) is 20.3. The van der Waals surface area contributed by atoms with Crippen LogP contribution in [-0.4, -0.2) is 37.9 Å². The van der Waals surface area contributed by atoms with Crippen LogP contribution in [0.4, 0.5) is 0 Å². The molecule has 1 aliphatic heterocycles. The summed E-state index contributed by atoms with van der Waals surface area (Å²) in [5.41, 5.74) is 2.54. The standard InChI is InChI=1S/C21H23NO4S/c1-4-13-22-20(23)18(15-7-5-14(2)6-8-15)19(21(22)24)16-9-11-17(12-10-16)27(3,25)26/h5-12,18-19H,4,13H2,1-3H3. The average Bonchev–Trinajstić information content (AvgIpc) is 2.87. The highest BCUT2D eigenvalue weighted by Gasteiger charge is 2.48. The molecule has 5 nitrogen and oxygen atoms in total. The van der Waals surface area contributed by atoms with Crippen LogP contribution in [0.3, 0.4) is 0 Å². The molecule has 142 valence electrons. The lowest BCUT2D eigenvalue weighted by Crippen LogP contribution is -2.31. The molecule has 1 fully saturated rings. The van der Waals surface area contributed by atoms with E-state index < -0.39 is 21.7 Å². The zero-order valence-corrected chi connectivity index (χ0v) is 16.5. The Balaban J connectivity index is 2.07. The maximum absolute atomic E-state index is 13.0. The molecule has 27 heavy (non-hydrogen) atoms. The van der Waals surface area contributed by atoms with E-state index in [1.54, 1.807) is 12.1 Å². The molecule has 6 heteroatoms. The lowest BCUT2D eigenvalue weighted by atomic mass is 9.83. The molecule has 0 saturated carbocycles. The number of hydrogen-bond acceptors (Lipinski definition) is 4. The first kappa shape index (κ1) is 19.3. The van der Waals surface area contributed by atoms with Crippen molar-refractivity contribution in [1.29, 1.82) is 0 Å². The van der Waals surface area contributed by atoms with Gasteiger partial charge in [-0.25, -0.2) is 8.42 Å². The second-order valence-corrected chi connectivity index (χ2v) is 9.05. The molecule has 2 aromatic rings. The Hall–Kier alpha value is -2.47. The number of carbonyl (C=O) groups is 2. The number of rotatable bonds is 5. The maximum atomic E-state index is 13.0. The quantitative estimate of drug-likeness (QED) is 0.742. The summed E-state index contributed by atoms with van der Waals surface area (Å²) in [6.07, 6.45) is 1.84. The second-order valence-electron chi connectivity index (χ2n) is 7.04. The predicted octanol–water partition coefficient (Wildman–Crippen LogP) is 3.04. The number of nitrogens with zero attached hydrogens (tertiary/aromatic N) is 1. The molecule has 2 unspecified atom stereocenters. The van der Waals surface area contributed by atoms with Crippen LogP contribution in [0, 0.1) is 6.92 Å². The molecule has 2 atom stereocenters. The van der Waals surface area contributed by atoms with E-state index in [4.69, 9.17) is 0 Å². The van der Waals surface area contributed by atoms with Gasteiger partial charge in [0.1, 0.15) is 0 Å². The molecule has 0 aliphatic carbocycles. The predicted molar refractivity (Wildman–Crippen MR) is 103 cm³/mol.